The first-order chi connectivity index (χ1) is 12.5. The number of ether oxygens (including phenoxy) is 1. The van der Waals surface area contributed by atoms with Crippen LogP contribution in [0.25, 0.3) is 0 Å². The zero-order valence-electron chi connectivity index (χ0n) is 14.1. The van der Waals surface area contributed by atoms with Gasteiger partial charge >= 0.3 is 5.97 Å². The van der Waals surface area contributed by atoms with Gasteiger partial charge in [0.25, 0.3) is 0 Å². The molecule has 0 aliphatic carbocycles. The van der Waals surface area contributed by atoms with Crippen molar-refractivity contribution in [1.29, 1.82) is 0 Å². The van der Waals surface area contributed by atoms with E-state index in [1.165, 1.54) is 17.8 Å². The highest BCUT2D eigenvalue weighted by Crippen LogP contribution is 2.18. The summed E-state index contributed by atoms with van der Waals surface area (Å²) in [4.78, 5) is 22.5. The number of carbonyl (C=O) groups is 2. The highest BCUT2D eigenvalue weighted by Gasteiger charge is 2.06. The summed E-state index contributed by atoms with van der Waals surface area (Å²) in [6.45, 7) is 0.250. The van der Waals surface area contributed by atoms with Gasteiger partial charge in [0.2, 0.25) is 5.91 Å². The summed E-state index contributed by atoms with van der Waals surface area (Å²) in [6.07, 6.45) is 0.723. The standard InChI is InChI=1S/C19H20FNO4S/c20-16-7-1-2-8-17(16)25-10-4-9-18(22)21-15-6-3-5-14(11-15)12-26-13-19(23)24/h1-3,5-8,11H,4,9-10,12-13H2,(H,21,22)(H,23,24). The van der Waals surface area contributed by atoms with E-state index in [4.69, 9.17) is 9.84 Å². The molecule has 2 aromatic carbocycles. The molecular weight excluding hydrogens is 357 g/mol. The van der Waals surface area contributed by atoms with E-state index in [1.54, 1.807) is 24.3 Å². The third kappa shape index (κ3) is 7.14. The minimum absolute atomic E-state index is 0.0403. The van der Waals surface area contributed by atoms with Crippen molar-refractivity contribution in [3.63, 3.8) is 0 Å². The number of aliphatic carboxylic acids is 1. The maximum absolute atomic E-state index is 13.4. The first kappa shape index (κ1) is 19.8. The second kappa shape index (κ2) is 10.5. The predicted molar refractivity (Wildman–Crippen MR) is 100.0 cm³/mol. The molecule has 26 heavy (non-hydrogen) atoms. The maximum Gasteiger partial charge on any atom is 0.313 e. The van der Waals surface area contributed by atoms with Crippen molar-refractivity contribution in [1.82, 2.24) is 0 Å². The number of carboxylic acids is 1. The van der Waals surface area contributed by atoms with E-state index in [-0.39, 0.29) is 30.4 Å². The number of amides is 1. The Morgan fingerprint density at radius 1 is 1.15 bits per heavy atom. The maximum atomic E-state index is 13.4. The summed E-state index contributed by atoms with van der Waals surface area (Å²) < 4.78 is 18.7. The first-order valence-corrected chi connectivity index (χ1v) is 9.26. The number of halogens is 1. The summed E-state index contributed by atoms with van der Waals surface area (Å²) in [5.41, 5.74) is 1.61. The van der Waals surface area contributed by atoms with Crippen molar-refractivity contribution in [2.24, 2.45) is 0 Å². The molecular formula is C19H20FNO4S. The molecule has 7 heteroatoms. The molecule has 0 atom stereocenters. The van der Waals surface area contributed by atoms with Crippen LogP contribution in [0.3, 0.4) is 0 Å². The van der Waals surface area contributed by atoms with Crippen LogP contribution in [0.5, 0.6) is 5.75 Å². The van der Waals surface area contributed by atoms with Gasteiger partial charge in [0, 0.05) is 17.9 Å². The molecule has 0 aromatic heterocycles. The lowest BCUT2D eigenvalue weighted by Gasteiger charge is -2.09. The molecule has 2 rings (SSSR count). The number of benzene rings is 2. The number of rotatable bonds is 10. The number of anilines is 1. The molecule has 138 valence electrons. The fourth-order valence-electron chi connectivity index (χ4n) is 2.20. The highest BCUT2D eigenvalue weighted by molar-refractivity contribution is 7.99. The molecule has 0 bridgehead atoms. The van der Waals surface area contributed by atoms with Crippen LogP contribution in [0.15, 0.2) is 48.5 Å². The quantitative estimate of drug-likeness (QED) is 0.614. The lowest BCUT2D eigenvalue weighted by Crippen LogP contribution is -2.13. The summed E-state index contributed by atoms with van der Waals surface area (Å²) in [6, 6.07) is 13.4. The van der Waals surface area contributed by atoms with Crippen LogP contribution >= 0.6 is 11.8 Å². The van der Waals surface area contributed by atoms with E-state index in [9.17, 15) is 14.0 Å². The van der Waals surface area contributed by atoms with Crippen molar-refractivity contribution in [3.8, 4) is 5.75 Å². The van der Waals surface area contributed by atoms with E-state index >= 15 is 0 Å². The van der Waals surface area contributed by atoms with Gasteiger partial charge in [-0.1, -0.05) is 24.3 Å². The van der Waals surface area contributed by atoms with E-state index in [0.717, 1.165) is 5.56 Å². The highest BCUT2D eigenvalue weighted by atomic mass is 32.2. The van der Waals surface area contributed by atoms with Crippen LogP contribution in [-0.4, -0.2) is 29.3 Å². The number of thioether (sulfide) groups is 1. The molecule has 0 fully saturated rings. The fourth-order valence-corrected chi connectivity index (χ4v) is 2.89. The molecule has 0 unspecified atom stereocenters. The van der Waals surface area contributed by atoms with Gasteiger partial charge in [0.05, 0.1) is 12.4 Å². The Labute approximate surface area is 155 Å². The number of carbonyl (C=O) groups excluding carboxylic acids is 1. The predicted octanol–water partition coefficient (Wildman–Crippen LogP) is 3.94. The summed E-state index contributed by atoms with van der Waals surface area (Å²) in [5, 5.41) is 11.4. The molecule has 2 aromatic rings. The van der Waals surface area contributed by atoms with E-state index in [1.807, 2.05) is 18.2 Å². The minimum atomic E-state index is -0.850. The zero-order valence-corrected chi connectivity index (χ0v) is 14.9. The van der Waals surface area contributed by atoms with Gasteiger partial charge in [0.15, 0.2) is 11.6 Å². The van der Waals surface area contributed by atoms with Crippen LogP contribution in [0.4, 0.5) is 10.1 Å². The van der Waals surface area contributed by atoms with Gasteiger partial charge in [-0.2, -0.15) is 0 Å². The van der Waals surface area contributed by atoms with Crippen molar-refractivity contribution in [2.75, 3.05) is 17.7 Å². The molecule has 2 N–H and O–H groups in total. The van der Waals surface area contributed by atoms with Crippen molar-refractivity contribution in [3.05, 3.63) is 59.9 Å². The fraction of sp³-hybridized carbons (Fsp3) is 0.263. The van der Waals surface area contributed by atoms with E-state index in [0.29, 0.717) is 17.9 Å². The Morgan fingerprint density at radius 2 is 1.96 bits per heavy atom. The van der Waals surface area contributed by atoms with Crippen molar-refractivity contribution >= 4 is 29.3 Å². The Kier molecular flexibility index (Phi) is 7.95. The molecule has 0 saturated carbocycles. The van der Waals surface area contributed by atoms with Gasteiger partial charge in [-0.15, -0.1) is 11.8 Å². The van der Waals surface area contributed by atoms with Gasteiger partial charge < -0.3 is 15.2 Å². The van der Waals surface area contributed by atoms with E-state index < -0.39 is 11.8 Å². The molecule has 0 radical (unpaired) electrons. The Hall–Kier alpha value is -2.54. The molecule has 0 heterocycles. The van der Waals surface area contributed by atoms with Crippen LogP contribution in [-0.2, 0) is 15.3 Å². The lowest BCUT2D eigenvalue weighted by molar-refractivity contribution is -0.133. The average molecular weight is 377 g/mol. The van der Waals surface area contributed by atoms with Gasteiger partial charge in [0.1, 0.15) is 0 Å². The van der Waals surface area contributed by atoms with Crippen molar-refractivity contribution < 1.29 is 23.8 Å². The molecule has 1 amide bonds. The monoisotopic (exact) mass is 377 g/mol. The summed E-state index contributed by atoms with van der Waals surface area (Å²) in [5.74, 6) is -0.644. The second-order valence-corrected chi connectivity index (χ2v) is 6.50. The number of hydrogen-bond acceptors (Lipinski definition) is 4. The second-order valence-electron chi connectivity index (χ2n) is 5.52. The topological polar surface area (TPSA) is 75.6 Å². The smallest absolute Gasteiger partial charge is 0.313 e. The SMILES string of the molecule is O=C(O)CSCc1cccc(NC(=O)CCCOc2ccccc2F)c1. The normalized spacial score (nSPS) is 10.3. The number of carboxylic acid groups (broad SMARTS) is 1. The van der Waals surface area contributed by atoms with Gasteiger partial charge in [-0.05, 0) is 36.2 Å². The van der Waals surface area contributed by atoms with Gasteiger partial charge in [-0.25, -0.2) is 4.39 Å². The Morgan fingerprint density at radius 3 is 2.73 bits per heavy atom. The molecule has 0 aliphatic rings. The van der Waals surface area contributed by atoms with Gasteiger partial charge in [-0.3, -0.25) is 9.59 Å². The Balaban J connectivity index is 1.72. The Bertz CT molecular complexity index is 754. The van der Waals surface area contributed by atoms with Crippen LogP contribution < -0.4 is 10.1 Å². The lowest BCUT2D eigenvalue weighted by atomic mass is 10.2. The molecule has 0 saturated heterocycles. The summed E-state index contributed by atoms with van der Waals surface area (Å²) >= 11 is 1.30. The number of hydrogen-bond donors (Lipinski definition) is 2. The third-order valence-electron chi connectivity index (χ3n) is 3.35. The van der Waals surface area contributed by atoms with Crippen LogP contribution in [0.1, 0.15) is 18.4 Å². The van der Waals surface area contributed by atoms with Crippen LogP contribution in [0.2, 0.25) is 0 Å². The van der Waals surface area contributed by atoms with Crippen LogP contribution in [0, 0.1) is 5.82 Å². The molecule has 0 aliphatic heterocycles. The number of para-hydroxylation sites is 1. The largest absolute Gasteiger partial charge is 0.491 e. The first-order valence-electron chi connectivity index (χ1n) is 8.10. The zero-order chi connectivity index (χ0) is 18.8. The molecule has 0 spiro atoms. The van der Waals surface area contributed by atoms with E-state index in [2.05, 4.69) is 5.32 Å². The molecule has 5 nitrogen and oxygen atoms in total. The summed E-state index contributed by atoms with van der Waals surface area (Å²) in [7, 11) is 0. The average Bonchev–Trinajstić information content (AvgIpc) is 2.60. The number of nitrogens with one attached hydrogen (secondary N) is 1. The van der Waals surface area contributed by atoms with Crippen molar-refractivity contribution in [2.45, 2.75) is 18.6 Å². The minimum Gasteiger partial charge on any atom is -0.491 e. The third-order valence-corrected chi connectivity index (χ3v) is 4.34.